The fourth-order valence-electron chi connectivity index (χ4n) is 1.95. The Morgan fingerprint density at radius 1 is 1.24 bits per heavy atom. The average molecular weight is 240 g/mol. The lowest BCUT2D eigenvalue weighted by Crippen LogP contribution is -2.26. The molecule has 0 aliphatic heterocycles. The van der Waals surface area contributed by atoms with Crippen molar-refractivity contribution in [3.8, 4) is 0 Å². The molecule has 1 rings (SSSR count). The topological polar surface area (TPSA) is 40.5 Å². The Balaban J connectivity index is 2.72. The molecule has 1 aromatic carbocycles. The van der Waals surface area contributed by atoms with Crippen LogP contribution in [0.3, 0.4) is 0 Å². The fourth-order valence-corrected chi connectivity index (χ4v) is 1.95. The normalized spacial score (nSPS) is 16.6. The highest BCUT2D eigenvalue weighted by atomic mass is 19.1. The van der Waals surface area contributed by atoms with Crippen molar-refractivity contribution < 1.29 is 14.6 Å². The van der Waals surface area contributed by atoms with Crippen LogP contribution < -0.4 is 0 Å². The number of aliphatic hydroxyl groups is 2. The van der Waals surface area contributed by atoms with E-state index >= 15 is 0 Å². The Bertz CT molecular complexity index is 365. The van der Waals surface area contributed by atoms with Crippen LogP contribution >= 0.6 is 0 Å². The van der Waals surface area contributed by atoms with Gasteiger partial charge in [0.1, 0.15) is 5.82 Å². The lowest BCUT2D eigenvalue weighted by molar-refractivity contribution is 0.00938. The number of rotatable bonds is 5. The van der Waals surface area contributed by atoms with E-state index in [2.05, 4.69) is 0 Å². The fraction of sp³-hybridized carbons (Fsp3) is 0.571. The first kappa shape index (κ1) is 14.1. The molecule has 0 fully saturated rings. The molecule has 0 saturated heterocycles. The van der Waals surface area contributed by atoms with Crippen LogP contribution in [0.5, 0.6) is 0 Å². The van der Waals surface area contributed by atoms with Crippen molar-refractivity contribution >= 4 is 0 Å². The second kappa shape index (κ2) is 6.12. The molecular weight excluding hydrogens is 219 g/mol. The standard InChI is InChI=1S/C14H21FO2/c1-4-13(16)14(17)8-10(3)11-6-5-9(2)7-12(11)15/h5-7,10,13-14,16-17H,4,8H2,1-3H3. The van der Waals surface area contributed by atoms with Crippen molar-refractivity contribution in [3.05, 3.63) is 35.1 Å². The summed E-state index contributed by atoms with van der Waals surface area (Å²) in [7, 11) is 0. The number of aliphatic hydroxyl groups excluding tert-OH is 2. The summed E-state index contributed by atoms with van der Waals surface area (Å²) >= 11 is 0. The zero-order chi connectivity index (χ0) is 13.0. The molecule has 0 aromatic heterocycles. The second-order valence-corrected chi connectivity index (χ2v) is 4.70. The average Bonchev–Trinajstić information content (AvgIpc) is 2.27. The van der Waals surface area contributed by atoms with Gasteiger partial charge in [0.05, 0.1) is 12.2 Å². The molecular formula is C14H21FO2. The zero-order valence-corrected chi connectivity index (χ0v) is 10.7. The minimum Gasteiger partial charge on any atom is -0.390 e. The third-order valence-corrected chi connectivity index (χ3v) is 3.14. The zero-order valence-electron chi connectivity index (χ0n) is 10.7. The molecule has 1 aromatic rings. The van der Waals surface area contributed by atoms with Crippen molar-refractivity contribution in [2.24, 2.45) is 0 Å². The van der Waals surface area contributed by atoms with Crippen LogP contribution in [0.4, 0.5) is 4.39 Å². The van der Waals surface area contributed by atoms with E-state index in [1.165, 1.54) is 6.07 Å². The van der Waals surface area contributed by atoms with Crippen molar-refractivity contribution in [2.75, 3.05) is 0 Å². The minimum atomic E-state index is -0.796. The Morgan fingerprint density at radius 3 is 2.41 bits per heavy atom. The number of aryl methyl sites for hydroxylation is 1. The van der Waals surface area contributed by atoms with Gasteiger partial charge in [0.25, 0.3) is 0 Å². The van der Waals surface area contributed by atoms with E-state index in [1.807, 2.05) is 26.8 Å². The van der Waals surface area contributed by atoms with E-state index < -0.39 is 12.2 Å². The van der Waals surface area contributed by atoms with Crippen LogP contribution in [0.2, 0.25) is 0 Å². The maximum atomic E-state index is 13.7. The summed E-state index contributed by atoms with van der Waals surface area (Å²) in [6, 6.07) is 5.10. The molecule has 3 unspecified atom stereocenters. The maximum Gasteiger partial charge on any atom is 0.126 e. The molecule has 96 valence electrons. The molecule has 0 aliphatic rings. The third-order valence-electron chi connectivity index (χ3n) is 3.14. The van der Waals surface area contributed by atoms with Crippen LogP contribution in [-0.4, -0.2) is 22.4 Å². The van der Waals surface area contributed by atoms with Gasteiger partial charge in [-0.2, -0.15) is 0 Å². The first-order chi connectivity index (χ1) is 7.95. The predicted octanol–water partition coefficient (Wildman–Crippen LogP) is 2.76. The summed E-state index contributed by atoms with van der Waals surface area (Å²) in [5, 5.41) is 19.2. The summed E-state index contributed by atoms with van der Waals surface area (Å²) in [5.41, 5.74) is 1.48. The monoisotopic (exact) mass is 240 g/mol. The molecule has 0 bridgehead atoms. The SMILES string of the molecule is CCC(O)C(O)CC(C)c1ccc(C)cc1F. The summed E-state index contributed by atoms with van der Waals surface area (Å²) in [4.78, 5) is 0. The molecule has 0 radical (unpaired) electrons. The first-order valence-electron chi connectivity index (χ1n) is 6.07. The molecule has 17 heavy (non-hydrogen) atoms. The van der Waals surface area contributed by atoms with Crippen LogP contribution in [0.15, 0.2) is 18.2 Å². The van der Waals surface area contributed by atoms with E-state index in [4.69, 9.17) is 0 Å². The number of hydrogen-bond acceptors (Lipinski definition) is 2. The Hall–Kier alpha value is -0.930. The summed E-state index contributed by atoms with van der Waals surface area (Å²) in [5.74, 6) is -0.345. The van der Waals surface area contributed by atoms with E-state index in [0.717, 1.165) is 5.56 Å². The van der Waals surface area contributed by atoms with Gasteiger partial charge in [-0.15, -0.1) is 0 Å². The van der Waals surface area contributed by atoms with Gasteiger partial charge in [0.2, 0.25) is 0 Å². The molecule has 0 heterocycles. The Labute approximate surface area is 102 Å². The smallest absolute Gasteiger partial charge is 0.126 e. The van der Waals surface area contributed by atoms with E-state index in [0.29, 0.717) is 18.4 Å². The number of benzene rings is 1. The molecule has 0 spiro atoms. The predicted molar refractivity (Wildman–Crippen MR) is 66.5 cm³/mol. The number of halogens is 1. The molecule has 0 amide bonds. The lowest BCUT2D eigenvalue weighted by Gasteiger charge is -2.21. The van der Waals surface area contributed by atoms with Gasteiger partial charge in [0, 0.05) is 0 Å². The van der Waals surface area contributed by atoms with Crippen molar-refractivity contribution in [1.82, 2.24) is 0 Å². The van der Waals surface area contributed by atoms with Crippen LogP contribution in [0.25, 0.3) is 0 Å². The van der Waals surface area contributed by atoms with Crippen molar-refractivity contribution in [3.63, 3.8) is 0 Å². The highest BCUT2D eigenvalue weighted by molar-refractivity contribution is 5.26. The quantitative estimate of drug-likeness (QED) is 0.830. The van der Waals surface area contributed by atoms with Crippen LogP contribution in [0.1, 0.15) is 43.7 Å². The summed E-state index contributed by atoms with van der Waals surface area (Å²) in [6.07, 6.45) is -0.652. The number of hydrogen-bond donors (Lipinski definition) is 2. The minimum absolute atomic E-state index is 0.105. The largest absolute Gasteiger partial charge is 0.390 e. The Morgan fingerprint density at radius 2 is 1.88 bits per heavy atom. The highest BCUT2D eigenvalue weighted by Gasteiger charge is 2.20. The first-order valence-corrected chi connectivity index (χ1v) is 6.07. The van der Waals surface area contributed by atoms with Gasteiger partial charge in [0.15, 0.2) is 0 Å². The second-order valence-electron chi connectivity index (χ2n) is 4.70. The van der Waals surface area contributed by atoms with Crippen molar-refractivity contribution in [1.29, 1.82) is 0 Å². The van der Waals surface area contributed by atoms with Crippen LogP contribution in [-0.2, 0) is 0 Å². The molecule has 0 aliphatic carbocycles. The van der Waals surface area contributed by atoms with Gasteiger partial charge in [-0.3, -0.25) is 0 Å². The van der Waals surface area contributed by atoms with E-state index in [1.54, 1.807) is 6.07 Å². The summed E-state index contributed by atoms with van der Waals surface area (Å²) < 4.78 is 13.7. The Kier molecular flexibility index (Phi) is 5.09. The highest BCUT2D eigenvalue weighted by Crippen LogP contribution is 2.25. The molecule has 2 N–H and O–H groups in total. The van der Waals surface area contributed by atoms with Gasteiger partial charge in [-0.1, -0.05) is 26.0 Å². The lowest BCUT2D eigenvalue weighted by atomic mass is 9.91. The van der Waals surface area contributed by atoms with Gasteiger partial charge in [-0.25, -0.2) is 4.39 Å². The molecule has 2 nitrogen and oxygen atoms in total. The van der Waals surface area contributed by atoms with Gasteiger partial charge < -0.3 is 10.2 Å². The maximum absolute atomic E-state index is 13.7. The van der Waals surface area contributed by atoms with Crippen molar-refractivity contribution in [2.45, 2.75) is 51.7 Å². The van der Waals surface area contributed by atoms with Gasteiger partial charge >= 0.3 is 0 Å². The molecule has 3 heteroatoms. The summed E-state index contributed by atoms with van der Waals surface area (Å²) in [6.45, 7) is 5.51. The van der Waals surface area contributed by atoms with Gasteiger partial charge in [-0.05, 0) is 42.9 Å². The van der Waals surface area contributed by atoms with E-state index in [9.17, 15) is 14.6 Å². The third kappa shape index (κ3) is 3.79. The molecule has 3 atom stereocenters. The molecule has 0 saturated carbocycles. The van der Waals surface area contributed by atoms with Crippen LogP contribution in [0, 0.1) is 12.7 Å². The van der Waals surface area contributed by atoms with E-state index in [-0.39, 0.29) is 11.7 Å².